The van der Waals surface area contributed by atoms with Crippen molar-refractivity contribution in [3.8, 4) is 17.2 Å². The molecular formula is C28H21F3N2O3. The molecule has 0 unspecified atom stereocenters. The van der Waals surface area contributed by atoms with Crippen LogP contribution in [0.15, 0.2) is 60.8 Å². The average Bonchev–Trinajstić information content (AvgIpc) is 2.85. The first kappa shape index (κ1) is 24.7. The maximum Gasteiger partial charge on any atom is 0.229 e. The van der Waals surface area contributed by atoms with Gasteiger partial charge in [0, 0.05) is 36.6 Å². The highest BCUT2D eigenvalue weighted by Gasteiger charge is 2.15. The molecule has 0 aliphatic rings. The fourth-order valence-electron chi connectivity index (χ4n) is 3.66. The van der Waals surface area contributed by atoms with Gasteiger partial charge >= 0.3 is 0 Å². The first-order valence-corrected chi connectivity index (χ1v) is 11.2. The van der Waals surface area contributed by atoms with E-state index in [1.165, 1.54) is 24.4 Å². The van der Waals surface area contributed by atoms with Gasteiger partial charge in [-0.05, 0) is 47.9 Å². The van der Waals surface area contributed by atoms with Crippen LogP contribution in [0.5, 0.6) is 17.2 Å². The highest BCUT2D eigenvalue weighted by Crippen LogP contribution is 2.37. The standard InChI is InChI=1S/C28H21F3N2O3/c1-3-10-35-28-16-25-22(15-26(28)32-2)27(8-9-33-25)36-21-7-5-18(24(31)14-21)12-20(34)11-17-4-6-19(29)13-23(17)30/h4-9,13-16H,3,10-12H2,1H3. The molecule has 5 nitrogen and oxygen atoms in total. The molecule has 0 spiro atoms. The van der Waals surface area contributed by atoms with Crippen LogP contribution in [0.1, 0.15) is 24.5 Å². The molecule has 0 saturated carbocycles. The lowest BCUT2D eigenvalue weighted by Crippen LogP contribution is -2.09. The Kier molecular flexibility index (Phi) is 7.50. The monoisotopic (exact) mass is 490 g/mol. The van der Waals surface area contributed by atoms with Gasteiger partial charge in [-0.2, -0.15) is 0 Å². The summed E-state index contributed by atoms with van der Waals surface area (Å²) in [7, 11) is 0. The number of hydrogen-bond donors (Lipinski definition) is 0. The SMILES string of the molecule is [C-]#[N+]c1cc2c(Oc3ccc(CC(=O)Cc4ccc(F)cc4F)c(F)c3)ccnc2cc1OCCC. The molecule has 0 bridgehead atoms. The summed E-state index contributed by atoms with van der Waals surface area (Å²) in [5.41, 5.74) is 1.05. The molecule has 4 aromatic rings. The van der Waals surface area contributed by atoms with Crippen molar-refractivity contribution < 1.29 is 27.4 Å². The maximum atomic E-state index is 14.8. The summed E-state index contributed by atoms with van der Waals surface area (Å²) < 4.78 is 53.2. The van der Waals surface area contributed by atoms with Gasteiger partial charge in [-0.15, -0.1) is 0 Å². The second-order valence-corrected chi connectivity index (χ2v) is 8.09. The Balaban J connectivity index is 1.52. The zero-order valence-electron chi connectivity index (χ0n) is 19.4. The molecule has 4 rings (SSSR count). The van der Waals surface area contributed by atoms with Crippen LogP contribution in [-0.4, -0.2) is 17.4 Å². The fraction of sp³-hybridized carbons (Fsp3) is 0.179. The topological polar surface area (TPSA) is 52.8 Å². The van der Waals surface area contributed by atoms with Gasteiger partial charge in [0.1, 0.15) is 40.5 Å². The molecule has 0 N–H and O–H groups in total. The summed E-state index contributed by atoms with van der Waals surface area (Å²) in [5, 5.41) is 0.563. The molecule has 0 radical (unpaired) electrons. The molecule has 0 atom stereocenters. The van der Waals surface area contributed by atoms with Gasteiger partial charge in [-0.3, -0.25) is 9.78 Å². The van der Waals surface area contributed by atoms with Crippen molar-refractivity contribution in [1.82, 2.24) is 4.98 Å². The zero-order chi connectivity index (χ0) is 25.7. The predicted octanol–water partition coefficient (Wildman–Crippen LogP) is 7.14. The predicted molar refractivity (Wildman–Crippen MR) is 129 cm³/mol. The van der Waals surface area contributed by atoms with Gasteiger partial charge in [0.25, 0.3) is 0 Å². The van der Waals surface area contributed by atoms with Gasteiger partial charge < -0.3 is 9.47 Å². The van der Waals surface area contributed by atoms with Crippen molar-refractivity contribution in [2.75, 3.05) is 6.61 Å². The fourth-order valence-corrected chi connectivity index (χ4v) is 3.66. The lowest BCUT2D eigenvalue weighted by Gasteiger charge is -2.12. The van der Waals surface area contributed by atoms with E-state index >= 15 is 0 Å². The lowest BCUT2D eigenvalue weighted by atomic mass is 10.0. The van der Waals surface area contributed by atoms with E-state index in [-0.39, 0.29) is 29.7 Å². The van der Waals surface area contributed by atoms with Crippen LogP contribution in [0.3, 0.4) is 0 Å². The Morgan fingerprint density at radius 1 is 0.944 bits per heavy atom. The molecule has 36 heavy (non-hydrogen) atoms. The number of ether oxygens (including phenoxy) is 2. The number of halogens is 3. The first-order valence-electron chi connectivity index (χ1n) is 11.2. The highest BCUT2D eigenvalue weighted by atomic mass is 19.1. The molecule has 1 aromatic heterocycles. The minimum atomic E-state index is -0.817. The number of rotatable bonds is 9. The zero-order valence-corrected chi connectivity index (χ0v) is 19.4. The van der Waals surface area contributed by atoms with E-state index in [0.29, 0.717) is 40.8 Å². The summed E-state index contributed by atoms with van der Waals surface area (Å²) in [4.78, 5) is 20.2. The third-order valence-corrected chi connectivity index (χ3v) is 5.41. The van der Waals surface area contributed by atoms with E-state index in [1.54, 1.807) is 18.2 Å². The second-order valence-electron chi connectivity index (χ2n) is 8.09. The van der Waals surface area contributed by atoms with Crippen molar-refractivity contribution in [3.63, 3.8) is 0 Å². The number of fused-ring (bicyclic) bond motifs is 1. The number of carbonyl (C=O) groups is 1. The Morgan fingerprint density at radius 2 is 1.67 bits per heavy atom. The molecule has 0 aliphatic heterocycles. The number of carbonyl (C=O) groups excluding carboxylic acids is 1. The molecular weight excluding hydrogens is 469 g/mol. The van der Waals surface area contributed by atoms with E-state index in [0.717, 1.165) is 18.6 Å². The van der Waals surface area contributed by atoms with E-state index < -0.39 is 23.2 Å². The van der Waals surface area contributed by atoms with Gasteiger partial charge in [0.15, 0.2) is 0 Å². The van der Waals surface area contributed by atoms with E-state index in [9.17, 15) is 18.0 Å². The van der Waals surface area contributed by atoms with Crippen LogP contribution in [0.25, 0.3) is 15.7 Å². The Hall–Kier alpha value is -4.38. The summed E-state index contributed by atoms with van der Waals surface area (Å²) in [6.45, 7) is 9.89. The minimum absolute atomic E-state index is 0.0494. The van der Waals surface area contributed by atoms with Gasteiger partial charge in [0.05, 0.1) is 18.7 Å². The van der Waals surface area contributed by atoms with Crippen LogP contribution in [-0.2, 0) is 17.6 Å². The smallest absolute Gasteiger partial charge is 0.229 e. The number of Topliss-reactive ketones (excluding diaryl/α,β-unsaturated/α-hetero) is 1. The van der Waals surface area contributed by atoms with Gasteiger partial charge in [-0.25, -0.2) is 18.0 Å². The number of hydrogen-bond acceptors (Lipinski definition) is 4. The summed E-state index contributed by atoms with van der Waals surface area (Å²) in [6, 6.07) is 12.0. The van der Waals surface area contributed by atoms with Crippen molar-refractivity contribution in [1.29, 1.82) is 0 Å². The van der Waals surface area contributed by atoms with Crippen LogP contribution in [0.4, 0.5) is 18.9 Å². The Bertz CT molecular complexity index is 1480. The average molecular weight is 490 g/mol. The molecule has 182 valence electrons. The van der Waals surface area contributed by atoms with Crippen molar-refractivity contribution in [2.24, 2.45) is 0 Å². The Labute approximate surface area is 205 Å². The number of nitrogens with zero attached hydrogens (tertiary/aromatic N) is 2. The van der Waals surface area contributed by atoms with Crippen LogP contribution < -0.4 is 9.47 Å². The molecule has 0 aliphatic carbocycles. The maximum absolute atomic E-state index is 14.8. The van der Waals surface area contributed by atoms with Crippen LogP contribution in [0.2, 0.25) is 0 Å². The summed E-state index contributed by atoms with van der Waals surface area (Å²) >= 11 is 0. The third-order valence-electron chi connectivity index (χ3n) is 5.41. The third kappa shape index (κ3) is 5.63. The van der Waals surface area contributed by atoms with E-state index in [2.05, 4.69) is 9.83 Å². The molecule has 0 saturated heterocycles. The largest absolute Gasteiger partial charge is 0.505 e. The number of ketones is 1. The lowest BCUT2D eigenvalue weighted by molar-refractivity contribution is -0.117. The number of pyridine rings is 1. The number of aromatic nitrogens is 1. The van der Waals surface area contributed by atoms with Gasteiger partial charge in [0.2, 0.25) is 5.69 Å². The van der Waals surface area contributed by atoms with Crippen LogP contribution >= 0.6 is 0 Å². The molecule has 0 amide bonds. The quantitative estimate of drug-likeness (QED) is 0.234. The van der Waals surface area contributed by atoms with Crippen molar-refractivity contribution in [2.45, 2.75) is 26.2 Å². The van der Waals surface area contributed by atoms with Gasteiger partial charge in [-0.1, -0.05) is 19.1 Å². The summed E-state index contributed by atoms with van der Waals surface area (Å²) in [6.07, 6.45) is 1.80. The minimum Gasteiger partial charge on any atom is -0.505 e. The molecule has 1 heterocycles. The summed E-state index contributed by atoms with van der Waals surface area (Å²) in [5.74, 6) is -1.62. The second kappa shape index (κ2) is 10.9. The Morgan fingerprint density at radius 3 is 2.33 bits per heavy atom. The van der Waals surface area contributed by atoms with E-state index in [1.807, 2.05) is 6.92 Å². The normalized spacial score (nSPS) is 10.8. The van der Waals surface area contributed by atoms with Crippen molar-refractivity contribution in [3.05, 3.63) is 101 Å². The van der Waals surface area contributed by atoms with Crippen LogP contribution in [0, 0.1) is 24.0 Å². The van der Waals surface area contributed by atoms with Crippen molar-refractivity contribution >= 4 is 22.4 Å². The molecule has 3 aromatic carbocycles. The highest BCUT2D eigenvalue weighted by molar-refractivity contribution is 5.91. The molecule has 0 fully saturated rings. The first-order chi connectivity index (χ1) is 17.4. The van der Waals surface area contributed by atoms with E-state index in [4.69, 9.17) is 16.0 Å². The number of benzene rings is 3. The molecule has 8 heteroatoms.